The highest BCUT2D eigenvalue weighted by Gasteiger charge is 2.37. The predicted octanol–water partition coefficient (Wildman–Crippen LogP) is 0.532. The van der Waals surface area contributed by atoms with Gasteiger partial charge in [-0.3, -0.25) is 14.5 Å². The van der Waals surface area contributed by atoms with Gasteiger partial charge in [-0.05, 0) is 31.2 Å². The number of halogens is 1. The molecule has 0 aromatic heterocycles. The van der Waals surface area contributed by atoms with Crippen LogP contribution in [0.15, 0.2) is 24.3 Å². The van der Waals surface area contributed by atoms with Crippen molar-refractivity contribution in [1.29, 1.82) is 0 Å². The van der Waals surface area contributed by atoms with E-state index in [1.54, 1.807) is 6.92 Å². The Labute approximate surface area is 164 Å². The quantitative estimate of drug-likeness (QED) is 0.559. The van der Waals surface area contributed by atoms with Crippen molar-refractivity contribution >= 4 is 38.8 Å². The van der Waals surface area contributed by atoms with Crippen molar-refractivity contribution in [2.75, 3.05) is 49.1 Å². The van der Waals surface area contributed by atoms with Crippen LogP contribution in [0.3, 0.4) is 0 Å². The molecule has 1 aromatic carbocycles. The van der Waals surface area contributed by atoms with Gasteiger partial charge in [0, 0.05) is 37.4 Å². The lowest BCUT2D eigenvalue weighted by molar-refractivity contribution is -0.122. The van der Waals surface area contributed by atoms with Gasteiger partial charge in [0.2, 0.25) is 5.91 Å². The fraction of sp³-hybridized carbons (Fsp3) is 0.556. The van der Waals surface area contributed by atoms with Crippen LogP contribution in [0.4, 0.5) is 5.69 Å². The van der Waals surface area contributed by atoms with Gasteiger partial charge in [-0.1, -0.05) is 0 Å². The minimum Gasteiger partial charge on any atom is -0.369 e. The van der Waals surface area contributed by atoms with Crippen LogP contribution < -0.4 is 10.2 Å². The molecule has 0 bridgehead atoms. The third kappa shape index (κ3) is 5.21. The zero-order valence-corrected chi connectivity index (χ0v) is 16.8. The van der Waals surface area contributed by atoms with Crippen molar-refractivity contribution in [2.45, 2.75) is 18.3 Å². The number of carbonyl (C=O) groups excluding carboxylic acids is 2. The Morgan fingerprint density at radius 1 is 1.11 bits per heavy atom. The van der Waals surface area contributed by atoms with Gasteiger partial charge >= 0.3 is 0 Å². The smallest absolute Gasteiger partial charge is 0.234 e. The van der Waals surface area contributed by atoms with Crippen LogP contribution in [0.25, 0.3) is 0 Å². The Kier molecular flexibility index (Phi) is 6.08. The van der Waals surface area contributed by atoms with Crippen molar-refractivity contribution in [1.82, 2.24) is 10.2 Å². The van der Waals surface area contributed by atoms with Gasteiger partial charge < -0.3 is 10.2 Å². The van der Waals surface area contributed by atoms with Crippen LogP contribution >= 0.6 is 11.6 Å². The second-order valence-electron chi connectivity index (χ2n) is 7.13. The number of piperazine rings is 1. The number of sulfone groups is 1. The average Bonchev–Trinajstić information content (AvgIpc) is 2.87. The summed E-state index contributed by atoms with van der Waals surface area (Å²) < 4.78 is 23.2. The SMILES string of the molecule is CC(=O)c1ccc(N2CCN(CC(=O)N[C@@H]3CS(=O)(=O)C[C@@H]3Cl)CC2)cc1. The van der Waals surface area contributed by atoms with E-state index in [0.29, 0.717) is 5.56 Å². The highest BCUT2D eigenvalue weighted by Crippen LogP contribution is 2.19. The number of alkyl halides is 1. The number of nitrogens with zero attached hydrogens (tertiary/aromatic N) is 2. The molecule has 0 unspecified atom stereocenters. The summed E-state index contributed by atoms with van der Waals surface area (Å²) in [5.74, 6) is -0.314. The Bertz CT molecular complexity index is 804. The molecule has 0 spiro atoms. The normalized spacial score (nSPS) is 25.3. The van der Waals surface area contributed by atoms with Crippen molar-refractivity contribution in [3.05, 3.63) is 29.8 Å². The van der Waals surface area contributed by atoms with Gasteiger partial charge in [0.05, 0.1) is 29.5 Å². The minimum atomic E-state index is -3.16. The van der Waals surface area contributed by atoms with E-state index in [2.05, 4.69) is 10.2 Å². The Balaban J connectivity index is 1.46. The highest BCUT2D eigenvalue weighted by atomic mass is 35.5. The molecule has 2 atom stereocenters. The number of benzene rings is 1. The lowest BCUT2D eigenvalue weighted by atomic mass is 10.1. The lowest BCUT2D eigenvalue weighted by Gasteiger charge is -2.36. The molecular weight excluding hydrogens is 390 g/mol. The van der Waals surface area contributed by atoms with E-state index in [4.69, 9.17) is 11.6 Å². The summed E-state index contributed by atoms with van der Waals surface area (Å²) in [4.78, 5) is 27.8. The number of hydrogen-bond acceptors (Lipinski definition) is 6. The van der Waals surface area contributed by atoms with Gasteiger partial charge in [-0.2, -0.15) is 0 Å². The number of hydrogen-bond donors (Lipinski definition) is 1. The monoisotopic (exact) mass is 413 g/mol. The number of amides is 1. The number of Topliss-reactive ketones (excluding diaryl/α,β-unsaturated/α-hetero) is 1. The summed E-state index contributed by atoms with van der Waals surface area (Å²) in [6.45, 7) is 4.80. The first-order chi connectivity index (χ1) is 12.7. The van der Waals surface area contributed by atoms with Gasteiger partial charge in [-0.15, -0.1) is 11.6 Å². The maximum Gasteiger partial charge on any atom is 0.234 e. The summed E-state index contributed by atoms with van der Waals surface area (Å²) >= 11 is 6.03. The molecule has 0 saturated carbocycles. The van der Waals surface area contributed by atoms with Crippen molar-refractivity contribution in [3.63, 3.8) is 0 Å². The first-order valence-corrected chi connectivity index (χ1v) is 11.2. The number of nitrogens with one attached hydrogen (secondary N) is 1. The van der Waals surface area contributed by atoms with Crippen LogP contribution in [0, 0.1) is 0 Å². The Morgan fingerprint density at radius 3 is 2.26 bits per heavy atom. The molecule has 2 aliphatic heterocycles. The molecule has 27 heavy (non-hydrogen) atoms. The van der Waals surface area contributed by atoms with Crippen LogP contribution in [0.5, 0.6) is 0 Å². The second-order valence-corrected chi connectivity index (χ2v) is 9.85. The van der Waals surface area contributed by atoms with Gasteiger partial charge in [-0.25, -0.2) is 8.42 Å². The minimum absolute atomic E-state index is 0.0478. The van der Waals surface area contributed by atoms with Gasteiger partial charge in [0.1, 0.15) is 0 Å². The number of carbonyl (C=O) groups is 2. The molecule has 2 saturated heterocycles. The van der Waals surface area contributed by atoms with E-state index in [1.807, 2.05) is 29.2 Å². The van der Waals surface area contributed by atoms with Crippen LogP contribution in [0.1, 0.15) is 17.3 Å². The molecule has 1 aromatic rings. The average molecular weight is 414 g/mol. The summed E-state index contributed by atoms with van der Waals surface area (Å²) in [5, 5.41) is 2.19. The summed E-state index contributed by atoms with van der Waals surface area (Å²) in [6.07, 6.45) is 0. The van der Waals surface area contributed by atoms with E-state index < -0.39 is 21.3 Å². The first-order valence-electron chi connectivity index (χ1n) is 8.96. The van der Waals surface area contributed by atoms with Gasteiger partial charge in [0.25, 0.3) is 0 Å². The van der Waals surface area contributed by atoms with Crippen molar-refractivity contribution in [3.8, 4) is 0 Å². The fourth-order valence-corrected chi connectivity index (χ4v) is 6.01. The molecule has 148 valence electrons. The molecule has 0 aliphatic carbocycles. The molecule has 0 radical (unpaired) electrons. The third-order valence-electron chi connectivity index (χ3n) is 5.01. The third-order valence-corrected chi connectivity index (χ3v) is 7.38. The van der Waals surface area contributed by atoms with Crippen molar-refractivity contribution in [2.24, 2.45) is 0 Å². The van der Waals surface area contributed by atoms with E-state index in [0.717, 1.165) is 31.9 Å². The fourth-order valence-electron chi connectivity index (χ4n) is 3.46. The van der Waals surface area contributed by atoms with Crippen LogP contribution in [-0.2, 0) is 14.6 Å². The maximum atomic E-state index is 12.2. The van der Waals surface area contributed by atoms with Crippen molar-refractivity contribution < 1.29 is 18.0 Å². The maximum absolute atomic E-state index is 12.2. The zero-order valence-electron chi connectivity index (χ0n) is 15.2. The van der Waals surface area contributed by atoms with E-state index >= 15 is 0 Å². The largest absolute Gasteiger partial charge is 0.369 e. The summed E-state index contributed by atoms with van der Waals surface area (Å²) in [7, 11) is -3.16. The van der Waals surface area contributed by atoms with E-state index in [1.165, 1.54) is 0 Å². The Hall–Kier alpha value is -1.64. The summed E-state index contributed by atoms with van der Waals surface area (Å²) in [6, 6.07) is 7.04. The zero-order chi connectivity index (χ0) is 19.6. The first kappa shape index (κ1) is 20.1. The molecule has 9 heteroatoms. The van der Waals surface area contributed by atoms with E-state index in [-0.39, 0.29) is 29.7 Å². The van der Waals surface area contributed by atoms with Crippen LogP contribution in [-0.4, -0.2) is 80.7 Å². The molecule has 1 amide bonds. The second kappa shape index (κ2) is 8.16. The van der Waals surface area contributed by atoms with Crippen LogP contribution in [0.2, 0.25) is 0 Å². The molecule has 1 N–H and O–H groups in total. The lowest BCUT2D eigenvalue weighted by Crippen LogP contribution is -2.51. The molecule has 2 fully saturated rings. The number of rotatable bonds is 5. The van der Waals surface area contributed by atoms with E-state index in [9.17, 15) is 18.0 Å². The molecule has 2 aliphatic rings. The predicted molar refractivity (Wildman–Crippen MR) is 105 cm³/mol. The number of anilines is 1. The topological polar surface area (TPSA) is 86.8 Å². The summed E-state index contributed by atoms with van der Waals surface area (Å²) in [5.41, 5.74) is 1.76. The van der Waals surface area contributed by atoms with Gasteiger partial charge in [0.15, 0.2) is 15.6 Å². The Morgan fingerprint density at radius 2 is 1.74 bits per heavy atom. The molecule has 3 rings (SSSR count). The molecular formula is C18H24ClN3O4S. The highest BCUT2D eigenvalue weighted by molar-refractivity contribution is 7.91. The number of ketones is 1. The molecule has 7 nitrogen and oxygen atoms in total. The standard InChI is InChI=1S/C18H24ClN3O4S/c1-13(23)14-2-4-15(5-3-14)22-8-6-21(7-9-22)10-18(24)20-17-12-27(25,26)11-16(17)19/h2-5,16-17H,6-12H2,1H3,(H,20,24)/t16-,17+/m0/s1. The molecule has 2 heterocycles.